The Labute approximate surface area is 177 Å². The van der Waals surface area contributed by atoms with Gasteiger partial charge in [0.2, 0.25) is 5.91 Å². The van der Waals surface area contributed by atoms with Gasteiger partial charge >= 0.3 is 0 Å². The van der Waals surface area contributed by atoms with Gasteiger partial charge in [-0.05, 0) is 29.8 Å². The lowest BCUT2D eigenvalue weighted by Crippen LogP contribution is -2.48. The van der Waals surface area contributed by atoms with Gasteiger partial charge in [-0.3, -0.25) is 9.69 Å². The fourth-order valence-corrected chi connectivity index (χ4v) is 4.58. The highest BCUT2D eigenvalue weighted by molar-refractivity contribution is 7.91. The van der Waals surface area contributed by atoms with Crippen LogP contribution in [0.2, 0.25) is 5.02 Å². The maximum atomic E-state index is 12.4. The monoisotopic (exact) mass is 432 g/mol. The number of halogens is 1. The van der Waals surface area contributed by atoms with Gasteiger partial charge in [-0.25, -0.2) is 8.42 Å². The topological polar surface area (TPSA) is 57.7 Å². The van der Waals surface area contributed by atoms with Crippen LogP contribution < -0.4 is 0 Å². The molecular weight excluding hydrogens is 408 g/mol. The van der Waals surface area contributed by atoms with Crippen LogP contribution in [-0.4, -0.2) is 62.6 Å². The minimum absolute atomic E-state index is 0.00112. The molecule has 2 aromatic rings. The van der Waals surface area contributed by atoms with E-state index in [-0.39, 0.29) is 23.0 Å². The molecule has 0 unspecified atom stereocenters. The summed E-state index contributed by atoms with van der Waals surface area (Å²) in [5, 5.41) is 0.483. The zero-order valence-corrected chi connectivity index (χ0v) is 17.8. The first-order chi connectivity index (χ1) is 13.9. The SMILES string of the molecule is O=C(CCS(=O)(=O)c1ccc(Cl)cc1)N1CCN(C/C=C/c2ccccc2)CC1. The molecule has 0 N–H and O–H groups in total. The number of rotatable bonds is 7. The van der Waals surface area contributed by atoms with Crippen molar-refractivity contribution in [3.8, 4) is 0 Å². The lowest BCUT2D eigenvalue weighted by atomic mass is 10.2. The largest absolute Gasteiger partial charge is 0.340 e. The second kappa shape index (κ2) is 10.1. The molecule has 0 radical (unpaired) electrons. The molecule has 1 aliphatic rings. The summed E-state index contributed by atoms with van der Waals surface area (Å²) in [7, 11) is -3.49. The fraction of sp³-hybridized carbons (Fsp3) is 0.318. The van der Waals surface area contributed by atoms with Crippen molar-refractivity contribution in [1.29, 1.82) is 0 Å². The average Bonchev–Trinajstić information content (AvgIpc) is 2.74. The van der Waals surface area contributed by atoms with Gasteiger partial charge in [0.25, 0.3) is 0 Å². The zero-order chi connectivity index (χ0) is 20.7. The number of sulfone groups is 1. The molecule has 1 heterocycles. The van der Waals surface area contributed by atoms with Crippen molar-refractivity contribution in [2.24, 2.45) is 0 Å². The Morgan fingerprint density at radius 1 is 0.966 bits per heavy atom. The summed E-state index contributed by atoms with van der Waals surface area (Å²) in [6.07, 6.45) is 4.23. The van der Waals surface area contributed by atoms with E-state index in [0.29, 0.717) is 18.1 Å². The van der Waals surface area contributed by atoms with Gasteiger partial charge in [0.15, 0.2) is 9.84 Å². The zero-order valence-electron chi connectivity index (χ0n) is 16.2. The summed E-state index contributed by atoms with van der Waals surface area (Å²) in [4.78, 5) is 16.7. The van der Waals surface area contributed by atoms with Gasteiger partial charge in [0.1, 0.15) is 0 Å². The van der Waals surface area contributed by atoms with Gasteiger partial charge in [-0.15, -0.1) is 0 Å². The van der Waals surface area contributed by atoms with E-state index in [0.717, 1.165) is 19.6 Å². The van der Waals surface area contributed by atoms with Crippen molar-refractivity contribution in [3.63, 3.8) is 0 Å². The number of piperazine rings is 1. The molecule has 3 rings (SSSR count). The molecule has 5 nitrogen and oxygen atoms in total. The van der Waals surface area contributed by atoms with Gasteiger partial charge in [0, 0.05) is 44.2 Å². The minimum atomic E-state index is -3.49. The highest BCUT2D eigenvalue weighted by Gasteiger charge is 2.23. The molecule has 1 aliphatic heterocycles. The van der Waals surface area contributed by atoms with E-state index < -0.39 is 9.84 Å². The Hall–Kier alpha value is -2.15. The normalized spacial score (nSPS) is 15.7. The van der Waals surface area contributed by atoms with Crippen LogP contribution in [0.5, 0.6) is 0 Å². The third kappa shape index (κ3) is 6.42. The van der Waals surface area contributed by atoms with Crippen molar-refractivity contribution >= 4 is 33.4 Å². The second-order valence-corrected chi connectivity index (χ2v) is 9.56. The molecule has 1 amide bonds. The highest BCUT2D eigenvalue weighted by atomic mass is 35.5. The molecule has 154 valence electrons. The summed E-state index contributed by atoms with van der Waals surface area (Å²) < 4.78 is 24.8. The smallest absolute Gasteiger partial charge is 0.223 e. The first-order valence-electron chi connectivity index (χ1n) is 9.64. The maximum Gasteiger partial charge on any atom is 0.223 e. The average molecular weight is 433 g/mol. The molecular formula is C22H25ClN2O3S. The predicted molar refractivity (Wildman–Crippen MR) is 117 cm³/mol. The van der Waals surface area contributed by atoms with Gasteiger partial charge in [-0.2, -0.15) is 0 Å². The molecule has 0 atom stereocenters. The quantitative estimate of drug-likeness (QED) is 0.673. The Bertz CT molecular complexity index is 936. The van der Waals surface area contributed by atoms with Crippen LogP contribution in [-0.2, 0) is 14.6 Å². The van der Waals surface area contributed by atoms with Gasteiger partial charge in [0.05, 0.1) is 10.6 Å². The molecule has 2 aromatic carbocycles. The highest BCUT2D eigenvalue weighted by Crippen LogP contribution is 2.16. The van der Waals surface area contributed by atoms with Crippen LogP contribution in [0, 0.1) is 0 Å². The predicted octanol–water partition coefficient (Wildman–Crippen LogP) is 3.36. The summed E-state index contributed by atoms with van der Waals surface area (Å²) in [6.45, 7) is 3.66. The first-order valence-corrected chi connectivity index (χ1v) is 11.7. The second-order valence-electron chi connectivity index (χ2n) is 7.02. The van der Waals surface area contributed by atoms with Crippen molar-refractivity contribution < 1.29 is 13.2 Å². The van der Waals surface area contributed by atoms with Crippen molar-refractivity contribution in [3.05, 3.63) is 71.3 Å². The lowest BCUT2D eigenvalue weighted by molar-refractivity contribution is -0.132. The minimum Gasteiger partial charge on any atom is -0.340 e. The maximum absolute atomic E-state index is 12.4. The number of hydrogen-bond acceptors (Lipinski definition) is 4. The van der Waals surface area contributed by atoms with Crippen LogP contribution in [0.25, 0.3) is 6.08 Å². The van der Waals surface area contributed by atoms with E-state index in [4.69, 9.17) is 11.6 Å². The molecule has 0 aliphatic carbocycles. The van der Waals surface area contributed by atoms with Crippen molar-refractivity contribution in [1.82, 2.24) is 9.80 Å². The molecule has 1 saturated heterocycles. The van der Waals surface area contributed by atoms with E-state index in [9.17, 15) is 13.2 Å². The standard InChI is InChI=1S/C22H25ClN2O3S/c23-20-8-10-21(11-9-20)29(27,28)18-12-22(26)25-16-14-24(15-17-25)13-4-7-19-5-2-1-3-6-19/h1-11H,12-18H2/b7-4+. The first kappa shape index (κ1) is 21.6. The number of nitrogens with zero attached hydrogens (tertiary/aromatic N) is 2. The number of benzene rings is 2. The van der Waals surface area contributed by atoms with Crippen LogP contribution in [0.3, 0.4) is 0 Å². The Morgan fingerprint density at radius 2 is 1.62 bits per heavy atom. The van der Waals surface area contributed by atoms with Crippen LogP contribution in [0.4, 0.5) is 0 Å². The van der Waals surface area contributed by atoms with Crippen LogP contribution >= 0.6 is 11.6 Å². The van der Waals surface area contributed by atoms with E-state index in [1.165, 1.54) is 17.7 Å². The summed E-state index contributed by atoms with van der Waals surface area (Å²) in [5.74, 6) is -0.296. The van der Waals surface area contributed by atoms with Crippen molar-refractivity contribution in [2.75, 3.05) is 38.5 Å². The molecule has 0 aromatic heterocycles. The van der Waals surface area contributed by atoms with E-state index in [1.54, 1.807) is 17.0 Å². The molecule has 0 saturated carbocycles. The third-order valence-corrected chi connectivity index (χ3v) is 6.94. The third-order valence-electron chi connectivity index (χ3n) is 4.96. The van der Waals surface area contributed by atoms with E-state index >= 15 is 0 Å². The molecule has 0 spiro atoms. The lowest BCUT2D eigenvalue weighted by Gasteiger charge is -2.34. The van der Waals surface area contributed by atoms with Crippen molar-refractivity contribution in [2.45, 2.75) is 11.3 Å². The fourth-order valence-electron chi connectivity index (χ4n) is 3.22. The van der Waals surface area contributed by atoms with Gasteiger partial charge < -0.3 is 4.90 Å². The van der Waals surface area contributed by atoms with Crippen LogP contribution in [0.1, 0.15) is 12.0 Å². The summed E-state index contributed by atoms with van der Waals surface area (Å²) in [5.41, 5.74) is 1.17. The number of carbonyl (C=O) groups excluding carboxylic acids is 1. The van der Waals surface area contributed by atoms with Gasteiger partial charge in [-0.1, -0.05) is 54.1 Å². The Kier molecular flexibility index (Phi) is 7.47. The Balaban J connectivity index is 1.43. The van der Waals surface area contributed by atoms with Crippen LogP contribution in [0.15, 0.2) is 65.6 Å². The molecule has 1 fully saturated rings. The van der Waals surface area contributed by atoms with E-state index in [2.05, 4.69) is 29.2 Å². The molecule has 0 bridgehead atoms. The van der Waals surface area contributed by atoms with E-state index in [1.807, 2.05) is 18.2 Å². The summed E-state index contributed by atoms with van der Waals surface area (Å²) >= 11 is 5.80. The Morgan fingerprint density at radius 3 is 2.28 bits per heavy atom. The summed E-state index contributed by atoms with van der Waals surface area (Å²) in [6, 6.07) is 16.2. The number of carbonyl (C=O) groups is 1. The number of amides is 1. The molecule has 29 heavy (non-hydrogen) atoms. The molecule has 7 heteroatoms. The number of hydrogen-bond donors (Lipinski definition) is 0.